The summed E-state index contributed by atoms with van der Waals surface area (Å²) in [7, 11) is 0. The molecule has 1 N–H and O–H groups in total. The monoisotopic (exact) mass is 439 g/mol. The SMILES string of the molecule is C=C(C(=O)N1CC(C)NC(C)C1)c1ccc(Sc2ccccc2C(C)C)c([N+](=O)[O-])c1. The third-order valence-electron chi connectivity index (χ3n) is 5.37. The van der Waals surface area contributed by atoms with E-state index in [2.05, 4.69) is 25.7 Å². The van der Waals surface area contributed by atoms with Crippen LogP contribution in [0.2, 0.25) is 0 Å². The first-order valence-corrected chi connectivity index (χ1v) is 11.3. The van der Waals surface area contributed by atoms with Crippen molar-refractivity contribution in [2.75, 3.05) is 13.1 Å². The Morgan fingerprint density at radius 3 is 2.42 bits per heavy atom. The van der Waals surface area contributed by atoms with Crippen LogP contribution in [0.25, 0.3) is 5.57 Å². The number of carbonyl (C=O) groups is 1. The third-order valence-corrected chi connectivity index (χ3v) is 6.52. The quantitative estimate of drug-likeness (QED) is 0.385. The van der Waals surface area contributed by atoms with Crippen molar-refractivity contribution < 1.29 is 9.72 Å². The van der Waals surface area contributed by atoms with Crippen LogP contribution in [0.15, 0.2) is 58.8 Å². The molecule has 2 atom stereocenters. The molecule has 1 heterocycles. The molecule has 3 rings (SSSR count). The molecule has 7 heteroatoms. The van der Waals surface area contributed by atoms with Gasteiger partial charge in [0.15, 0.2) is 0 Å². The van der Waals surface area contributed by atoms with Gasteiger partial charge in [0.25, 0.3) is 11.6 Å². The molecule has 1 fully saturated rings. The van der Waals surface area contributed by atoms with Crippen molar-refractivity contribution in [3.8, 4) is 0 Å². The van der Waals surface area contributed by atoms with E-state index >= 15 is 0 Å². The Balaban J connectivity index is 1.88. The number of nitro groups is 1. The zero-order valence-electron chi connectivity index (χ0n) is 18.4. The number of hydrogen-bond acceptors (Lipinski definition) is 5. The van der Waals surface area contributed by atoms with Gasteiger partial charge in [-0.2, -0.15) is 0 Å². The van der Waals surface area contributed by atoms with Crippen LogP contribution >= 0.6 is 11.8 Å². The minimum atomic E-state index is -0.392. The first-order chi connectivity index (χ1) is 14.7. The van der Waals surface area contributed by atoms with E-state index < -0.39 is 4.92 Å². The molecule has 6 nitrogen and oxygen atoms in total. The molecular formula is C24H29N3O3S. The Morgan fingerprint density at radius 2 is 1.81 bits per heavy atom. The van der Waals surface area contributed by atoms with Gasteiger partial charge in [-0.15, -0.1) is 0 Å². The number of piperazine rings is 1. The highest BCUT2D eigenvalue weighted by molar-refractivity contribution is 7.99. The van der Waals surface area contributed by atoms with Gasteiger partial charge in [-0.05, 0) is 43.0 Å². The molecule has 0 aliphatic carbocycles. The summed E-state index contributed by atoms with van der Waals surface area (Å²) in [5.41, 5.74) is 1.89. The average molecular weight is 440 g/mol. The Labute approximate surface area is 187 Å². The smallest absolute Gasteiger partial charge is 0.283 e. The van der Waals surface area contributed by atoms with Gasteiger partial charge < -0.3 is 10.2 Å². The lowest BCUT2D eigenvalue weighted by Gasteiger charge is -2.36. The van der Waals surface area contributed by atoms with Crippen LogP contribution in [0.3, 0.4) is 0 Å². The topological polar surface area (TPSA) is 75.5 Å². The van der Waals surface area contributed by atoms with Gasteiger partial charge in [0, 0.05) is 41.7 Å². The fourth-order valence-electron chi connectivity index (χ4n) is 3.91. The molecule has 1 amide bonds. The van der Waals surface area contributed by atoms with Crippen LogP contribution in [0.4, 0.5) is 5.69 Å². The van der Waals surface area contributed by atoms with E-state index in [9.17, 15) is 14.9 Å². The van der Waals surface area contributed by atoms with Gasteiger partial charge >= 0.3 is 0 Å². The Hall–Kier alpha value is -2.64. The summed E-state index contributed by atoms with van der Waals surface area (Å²) in [5, 5.41) is 15.2. The van der Waals surface area contributed by atoms with Crippen LogP contribution in [0, 0.1) is 10.1 Å². The maximum Gasteiger partial charge on any atom is 0.283 e. The molecule has 0 spiro atoms. The molecular weight excluding hydrogens is 410 g/mol. The summed E-state index contributed by atoms with van der Waals surface area (Å²) in [6.07, 6.45) is 0. The lowest BCUT2D eigenvalue weighted by atomic mass is 10.0. The third kappa shape index (κ3) is 5.35. The van der Waals surface area contributed by atoms with Crippen LogP contribution in [-0.2, 0) is 4.79 Å². The standard InChI is InChI=1S/C24H29N3O3S/c1-15(2)20-8-6-7-9-22(20)31-23-11-10-19(12-21(23)27(29)30)18(5)24(28)26-13-16(3)25-17(4)14-26/h6-12,15-17,25H,5,13-14H2,1-4H3. The van der Waals surface area contributed by atoms with Gasteiger partial charge in [0.1, 0.15) is 0 Å². The van der Waals surface area contributed by atoms with Gasteiger partial charge in [-0.1, -0.05) is 56.5 Å². The number of amides is 1. The molecule has 1 aliphatic heterocycles. The number of hydrogen-bond donors (Lipinski definition) is 1. The number of nitrogens with zero attached hydrogens (tertiary/aromatic N) is 2. The Morgan fingerprint density at radius 1 is 1.16 bits per heavy atom. The van der Waals surface area contributed by atoms with E-state index in [1.807, 2.05) is 38.1 Å². The van der Waals surface area contributed by atoms with E-state index in [-0.39, 0.29) is 29.3 Å². The predicted molar refractivity (Wildman–Crippen MR) is 125 cm³/mol. The zero-order chi connectivity index (χ0) is 22.7. The molecule has 1 saturated heterocycles. The Kier molecular flexibility index (Phi) is 7.18. The van der Waals surface area contributed by atoms with Crippen molar-refractivity contribution in [1.82, 2.24) is 10.2 Å². The van der Waals surface area contributed by atoms with E-state index in [4.69, 9.17) is 0 Å². The van der Waals surface area contributed by atoms with Crippen LogP contribution in [0.1, 0.15) is 44.7 Å². The van der Waals surface area contributed by atoms with E-state index in [0.717, 1.165) is 10.5 Å². The van der Waals surface area contributed by atoms with Crippen LogP contribution in [0.5, 0.6) is 0 Å². The molecule has 2 aromatic carbocycles. The molecule has 0 bridgehead atoms. The van der Waals surface area contributed by atoms with Crippen LogP contribution < -0.4 is 5.32 Å². The zero-order valence-corrected chi connectivity index (χ0v) is 19.2. The molecule has 164 valence electrons. The molecule has 1 aliphatic rings. The summed E-state index contributed by atoms with van der Waals surface area (Å²) in [6, 6.07) is 13.3. The minimum Gasteiger partial charge on any atom is -0.336 e. The summed E-state index contributed by atoms with van der Waals surface area (Å²) in [5.74, 6) is 0.128. The second-order valence-electron chi connectivity index (χ2n) is 8.39. The largest absolute Gasteiger partial charge is 0.336 e. The molecule has 2 unspecified atom stereocenters. The summed E-state index contributed by atoms with van der Waals surface area (Å²) >= 11 is 1.38. The second-order valence-corrected chi connectivity index (χ2v) is 9.48. The van der Waals surface area contributed by atoms with Gasteiger partial charge in [0.05, 0.1) is 9.82 Å². The lowest BCUT2D eigenvalue weighted by molar-refractivity contribution is -0.387. The average Bonchev–Trinajstić information content (AvgIpc) is 2.72. The highest BCUT2D eigenvalue weighted by Crippen LogP contribution is 2.39. The first-order valence-electron chi connectivity index (χ1n) is 10.5. The van der Waals surface area contributed by atoms with Crippen molar-refractivity contribution in [2.45, 2.75) is 55.5 Å². The maximum atomic E-state index is 13.0. The number of nitro benzene ring substituents is 1. The number of carbonyl (C=O) groups excluding carboxylic acids is 1. The minimum absolute atomic E-state index is 0.0166. The fourth-order valence-corrected chi connectivity index (χ4v) is 5.09. The van der Waals surface area contributed by atoms with Crippen LogP contribution in [-0.4, -0.2) is 40.9 Å². The van der Waals surface area contributed by atoms with E-state index in [1.165, 1.54) is 17.8 Å². The summed E-state index contributed by atoms with van der Waals surface area (Å²) in [6.45, 7) is 13.4. The van der Waals surface area contributed by atoms with Gasteiger partial charge in [-0.25, -0.2) is 0 Å². The molecule has 31 heavy (non-hydrogen) atoms. The number of nitrogens with one attached hydrogen (secondary N) is 1. The van der Waals surface area contributed by atoms with Crippen molar-refractivity contribution in [3.63, 3.8) is 0 Å². The summed E-state index contributed by atoms with van der Waals surface area (Å²) < 4.78 is 0. The number of rotatable bonds is 6. The normalized spacial score (nSPS) is 18.8. The molecule has 0 saturated carbocycles. The lowest BCUT2D eigenvalue weighted by Crippen LogP contribution is -2.55. The molecule has 0 radical (unpaired) electrons. The van der Waals surface area contributed by atoms with E-state index in [1.54, 1.807) is 17.0 Å². The number of benzene rings is 2. The molecule has 0 aromatic heterocycles. The van der Waals surface area contributed by atoms with Crippen molar-refractivity contribution in [3.05, 3.63) is 70.3 Å². The second kappa shape index (κ2) is 9.66. The Bertz CT molecular complexity index is 995. The molecule has 2 aromatic rings. The fraction of sp³-hybridized carbons (Fsp3) is 0.375. The summed E-state index contributed by atoms with van der Waals surface area (Å²) in [4.78, 5) is 27.7. The van der Waals surface area contributed by atoms with Crippen molar-refractivity contribution in [2.24, 2.45) is 0 Å². The maximum absolute atomic E-state index is 13.0. The highest BCUT2D eigenvalue weighted by atomic mass is 32.2. The predicted octanol–water partition coefficient (Wildman–Crippen LogP) is 5.09. The highest BCUT2D eigenvalue weighted by Gasteiger charge is 2.27. The van der Waals surface area contributed by atoms with Gasteiger partial charge in [-0.3, -0.25) is 14.9 Å². The van der Waals surface area contributed by atoms with Crippen molar-refractivity contribution >= 4 is 28.9 Å². The van der Waals surface area contributed by atoms with Crippen molar-refractivity contribution in [1.29, 1.82) is 0 Å². The van der Waals surface area contributed by atoms with E-state index in [0.29, 0.717) is 29.5 Å². The van der Waals surface area contributed by atoms with Gasteiger partial charge in [0.2, 0.25) is 0 Å². The first kappa shape index (κ1) is 23.0.